The second-order valence-corrected chi connectivity index (χ2v) is 7.75. The van der Waals surface area contributed by atoms with Gasteiger partial charge in [0.2, 0.25) is 0 Å². The van der Waals surface area contributed by atoms with Gasteiger partial charge in [-0.2, -0.15) is 0 Å². The quantitative estimate of drug-likeness (QED) is 0.860. The maximum atomic E-state index is 11.7. The van der Waals surface area contributed by atoms with Crippen LogP contribution in [0.25, 0.3) is 0 Å². The molecule has 28 heavy (non-hydrogen) atoms. The first-order chi connectivity index (χ1) is 13.7. The molecule has 0 radical (unpaired) electrons. The number of piperazine rings is 1. The summed E-state index contributed by atoms with van der Waals surface area (Å²) in [5, 5.41) is 0. The minimum atomic E-state index is -0.406. The van der Waals surface area contributed by atoms with Crippen molar-refractivity contribution < 1.29 is 4.79 Å². The minimum Gasteiger partial charge on any atom is -0.365 e. The van der Waals surface area contributed by atoms with Gasteiger partial charge in [0.25, 0.3) is 5.91 Å². The van der Waals surface area contributed by atoms with Crippen LogP contribution in [-0.4, -0.2) is 66.0 Å². The molecule has 0 unspecified atom stereocenters. The lowest BCUT2D eigenvalue weighted by Crippen LogP contribution is -2.53. The van der Waals surface area contributed by atoms with E-state index >= 15 is 0 Å². The van der Waals surface area contributed by atoms with E-state index in [0.717, 1.165) is 51.6 Å². The number of likely N-dealkylation sites (tertiary alicyclic amines) is 1. The fourth-order valence-corrected chi connectivity index (χ4v) is 4.42. The van der Waals surface area contributed by atoms with E-state index in [-0.39, 0.29) is 0 Å². The molecule has 2 aliphatic rings. The molecule has 1 amide bonds. The Balaban J connectivity index is 1.28. The number of amides is 1. The number of anilines is 1. The van der Waals surface area contributed by atoms with Gasteiger partial charge in [-0.3, -0.25) is 14.6 Å². The standard InChI is InChI=1S/C22H29N5O/c23-21(28)20-7-4-10-24-22(20)27-15-13-26(14-16-27)19-8-11-25(12-9-19)17-18-5-2-1-3-6-18/h1-7,10,19H,8-9,11-17H2,(H2,23,28). The van der Waals surface area contributed by atoms with Crippen molar-refractivity contribution in [2.24, 2.45) is 5.73 Å². The van der Waals surface area contributed by atoms with Crippen molar-refractivity contribution in [2.75, 3.05) is 44.2 Å². The van der Waals surface area contributed by atoms with E-state index in [1.54, 1.807) is 18.3 Å². The number of pyridine rings is 1. The Morgan fingerprint density at radius 1 is 0.964 bits per heavy atom. The molecule has 0 spiro atoms. The number of aromatic nitrogens is 1. The van der Waals surface area contributed by atoms with Gasteiger partial charge in [0.05, 0.1) is 5.56 Å². The average molecular weight is 380 g/mol. The van der Waals surface area contributed by atoms with Crippen LogP contribution in [-0.2, 0) is 6.54 Å². The molecule has 0 aliphatic carbocycles. The molecule has 6 heteroatoms. The molecule has 2 saturated heterocycles. The van der Waals surface area contributed by atoms with E-state index in [1.165, 1.54) is 18.4 Å². The van der Waals surface area contributed by atoms with Crippen LogP contribution in [0.2, 0.25) is 0 Å². The molecule has 4 rings (SSSR count). The fourth-order valence-electron chi connectivity index (χ4n) is 4.42. The zero-order chi connectivity index (χ0) is 19.3. The first-order valence-electron chi connectivity index (χ1n) is 10.2. The number of nitrogens with two attached hydrogens (primary N) is 1. The van der Waals surface area contributed by atoms with E-state index in [9.17, 15) is 4.79 Å². The summed E-state index contributed by atoms with van der Waals surface area (Å²) in [5.74, 6) is 0.323. The van der Waals surface area contributed by atoms with E-state index in [2.05, 4.69) is 50.0 Å². The molecule has 6 nitrogen and oxygen atoms in total. The van der Waals surface area contributed by atoms with Gasteiger partial charge in [0, 0.05) is 45.0 Å². The Morgan fingerprint density at radius 3 is 2.36 bits per heavy atom. The average Bonchev–Trinajstić information content (AvgIpc) is 2.75. The third kappa shape index (κ3) is 4.34. The largest absolute Gasteiger partial charge is 0.365 e. The zero-order valence-corrected chi connectivity index (χ0v) is 16.3. The van der Waals surface area contributed by atoms with Gasteiger partial charge in [-0.25, -0.2) is 4.98 Å². The Bertz CT molecular complexity index is 781. The lowest BCUT2D eigenvalue weighted by Gasteiger charge is -2.43. The van der Waals surface area contributed by atoms with Gasteiger partial charge >= 0.3 is 0 Å². The zero-order valence-electron chi connectivity index (χ0n) is 16.3. The molecule has 148 valence electrons. The van der Waals surface area contributed by atoms with Crippen molar-refractivity contribution in [2.45, 2.75) is 25.4 Å². The van der Waals surface area contributed by atoms with E-state index in [4.69, 9.17) is 5.73 Å². The summed E-state index contributed by atoms with van der Waals surface area (Å²) in [6, 6.07) is 14.9. The molecule has 2 fully saturated rings. The third-order valence-electron chi connectivity index (χ3n) is 5.99. The monoisotopic (exact) mass is 379 g/mol. The van der Waals surface area contributed by atoms with Gasteiger partial charge in [0.1, 0.15) is 5.82 Å². The number of nitrogens with zero attached hydrogens (tertiary/aromatic N) is 4. The summed E-state index contributed by atoms with van der Waals surface area (Å²) in [4.78, 5) is 23.5. The molecule has 0 atom stereocenters. The summed E-state index contributed by atoms with van der Waals surface area (Å²) in [5.41, 5.74) is 7.43. The number of rotatable bonds is 5. The molecule has 2 N–H and O–H groups in total. The van der Waals surface area contributed by atoms with E-state index in [0.29, 0.717) is 11.6 Å². The molecule has 0 saturated carbocycles. The molecular formula is C22H29N5O. The summed E-state index contributed by atoms with van der Waals surface area (Å²) in [6.45, 7) is 7.17. The Morgan fingerprint density at radius 2 is 1.68 bits per heavy atom. The van der Waals surface area contributed by atoms with Gasteiger partial charge in [-0.15, -0.1) is 0 Å². The Hall–Kier alpha value is -2.44. The number of carbonyl (C=O) groups is 1. The number of benzene rings is 1. The highest BCUT2D eigenvalue weighted by atomic mass is 16.1. The molecule has 3 heterocycles. The highest BCUT2D eigenvalue weighted by molar-refractivity contribution is 5.97. The maximum absolute atomic E-state index is 11.7. The number of hydrogen-bond donors (Lipinski definition) is 1. The van der Waals surface area contributed by atoms with Gasteiger partial charge in [-0.05, 0) is 43.6 Å². The maximum Gasteiger partial charge on any atom is 0.252 e. The van der Waals surface area contributed by atoms with Crippen LogP contribution in [0, 0.1) is 0 Å². The number of primary amides is 1. The highest BCUT2D eigenvalue weighted by Crippen LogP contribution is 2.23. The molecule has 1 aromatic carbocycles. The fraction of sp³-hybridized carbons (Fsp3) is 0.455. The molecular weight excluding hydrogens is 350 g/mol. The number of carbonyl (C=O) groups excluding carboxylic acids is 1. The van der Waals surface area contributed by atoms with Crippen molar-refractivity contribution in [1.82, 2.24) is 14.8 Å². The van der Waals surface area contributed by atoms with Crippen molar-refractivity contribution in [3.63, 3.8) is 0 Å². The second-order valence-electron chi connectivity index (χ2n) is 7.75. The van der Waals surface area contributed by atoms with Crippen LogP contribution in [0.1, 0.15) is 28.8 Å². The summed E-state index contributed by atoms with van der Waals surface area (Å²) >= 11 is 0. The second kappa shape index (κ2) is 8.71. The normalized spacial score (nSPS) is 19.6. The highest BCUT2D eigenvalue weighted by Gasteiger charge is 2.28. The molecule has 2 aromatic rings. The van der Waals surface area contributed by atoms with Crippen molar-refractivity contribution >= 4 is 11.7 Å². The lowest BCUT2D eigenvalue weighted by molar-refractivity contribution is 0.0985. The summed E-state index contributed by atoms with van der Waals surface area (Å²) < 4.78 is 0. The van der Waals surface area contributed by atoms with Crippen LogP contribution in [0.3, 0.4) is 0 Å². The van der Waals surface area contributed by atoms with Gasteiger partial charge < -0.3 is 10.6 Å². The smallest absolute Gasteiger partial charge is 0.252 e. The predicted octanol–water partition coefficient (Wildman–Crippen LogP) is 1.97. The van der Waals surface area contributed by atoms with Crippen LogP contribution in [0.4, 0.5) is 5.82 Å². The summed E-state index contributed by atoms with van der Waals surface area (Å²) in [6.07, 6.45) is 4.18. The van der Waals surface area contributed by atoms with Crippen LogP contribution in [0.5, 0.6) is 0 Å². The number of piperidine rings is 1. The molecule has 1 aromatic heterocycles. The first kappa shape index (κ1) is 18.9. The van der Waals surface area contributed by atoms with E-state index < -0.39 is 5.91 Å². The van der Waals surface area contributed by atoms with Gasteiger partial charge in [0.15, 0.2) is 0 Å². The molecule has 2 aliphatic heterocycles. The van der Waals surface area contributed by atoms with Gasteiger partial charge in [-0.1, -0.05) is 30.3 Å². The van der Waals surface area contributed by atoms with E-state index in [1.807, 2.05) is 0 Å². The molecule has 0 bridgehead atoms. The SMILES string of the molecule is NC(=O)c1cccnc1N1CCN(C2CCN(Cc3ccccc3)CC2)CC1. The van der Waals surface area contributed by atoms with Crippen molar-refractivity contribution in [3.8, 4) is 0 Å². The Labute approximate surface area is 166 Å². The van der Waals surface area contributed by atoms with Crippen LogP contribution in [0.15, 0.2) is 48.7 Å². The van der Waals surface area contributed by atoms with Crippen molar-refractivity contribution in [1.29, 1.82) is 0 Å². The van der Waals surface area contributed by atoms with Crippen molar-refractivity contribution in [3.05, 3.63) is 59.8 Å². The van der Waals surface area contributed by atoms with Crippen LogP contribution < -0.4 is 10.6 Å². The predicted molar refractivity (Wildman–Crippen MR) is 111 cm³/mol. The summed E-state index contributed by atoms with van der Waals surface area (Å²) in [7, 11) is 0. The third-order valence-corrected chi connectivity index (χ3v) is 5.99. The first-order valence-corrected chi connectivity index (χ1v) is 10.2. The Kier molecular flexibility index (Phi) is 5.88. The topological polar surface area (TPSA) is 65.7 Å². The minimum absolute atomic E-state index is 0.406. The van der Waals surface area contributed by atoms with Crippen LogP contribution >= 0.6 is 0 Å². The number of hydrogen-bond acceptors (Lipinski definition) is 5. The lowest BCUT2D eigenvalue weighted by atomic mass is 10.0.